The van der Waals surface area contributed by atoms with Gasteiger partial charge in [0.1, 0.15) is 34.4 Å². The number of methoxy groups -OCH3 is 1. The summed E-state index contributed by atoms with van der Waals surface area (Å²) in [7, 11) is -3.15. The lowest BCUT2D eigenvalue weighted by molar-refractivity contribution is -0.149. The zero-order valence-corrected chi connectivity index (χ0v) is 24.9. The number of morpholine rings is 1. The molecule has 2 atom stereocenters. The average Bonchev–Trinajstić information content (AvgIpc) is 3.63. The first-order valence-corrected chi connectivity index (χ1v) is 15.6. The predicted octanol–water partition coefficient (Wildman–Crippen LogP) is 5.19. The smallest absolute Gasteiger partial charge is 0.329 e. The molecule has 2 saturated heterocycles. The van der Waals surface area contributed by atoms with Crippen molar-refractivity contribution in [3.05, 3.63) is 102 Å². The number of halogens is 2. The fraction of sp³-hybridized carbons (Fsp3) is 0.152. The Labute approximate surface area is 261 Å². The van der Waals surface area contributed by atoms with Crippen molar-refractivity contribution in [2.75, 3.05) is 18.4 Å². The van der Waals surface area contributed by atoms with Crippen LogP contribution in [0.15, 0.2) is 90.1 Å². The van der Waals surface area contributed by atoms with Crippen molar-refractivity contribution in [3.63, 3.8) is 0 Å². The zero-order chi connectivity index (χ0) is 32.2. The molecule has 10 nitrogen and oxygen atoms in total. The van der Waals surface area contributed by atoms with E-state index in [-0.39, 0.29) is 29.5 Å². The minimum atomic E-state index is -4.46. The van der Waals surface area contributed by atoms with Crippen molar-refractivity contribution in [1.82, 2.24) is 14.9 Å². The number of anilines is 1. The van der Waals surface area contributed by atoms with Crippen LogP contribution in [0.2, 0.25) is 0 Å². The van der Waals surface area contributed by atoms with Gasteiger partial charge >= 0.3 is 5.97 Å². The van der Waals surface area contributed by atoms with Gasteiger partial charge in [-0.1, -0.05) is 18.2 Å². The minimum absolute atomic E-state index is 0.0463. The molecular weight excluding hydrogens is 618 g/mol. The molecule has 0 unspecified atom stereocenters. The molecule has 13 heteroatoms. The van der Waals surface area contributed by atoms with Gasteiger partial charge in [-0.2, -0.15) is 0 Å². The van der Waals surface area contributed by atoms with Crippen LogP contribution in [0.25, 0.3) is 33.2 Å². The van der Waals surface area contributed by atoms with E-state index in [9.17, 15) is 26.8 Å². The number of carbonyl (C=O) groups is 2. The highest BCUT2D eigenvalue weighted by Crippen LogP contribution is 2.35. The maximum absolute atomic E-state index is 14.3. The van der Waals surface area contributed by atoms with Gasteiger partial charge in [-0.15, -0.1) is 0 Å². The van der Waals surface area contributed by atoms with Gasteiger partial charge in [0.05, 0.1) is 19.2 Å². The Morgan fingerprint density at radius 1 is 0.978 bits per heavy atom. The van der Waals surface area contributed by atoms with Gasteiger partial charge in [0.15, 0.2) is 0 Å². The summed E-state index contributed by atoms with van der Waals surface area (Å²) in [6, 6.07) is 17.6. The molecule has 2 aromatic heterocycles. The Bertz CT molecular complexity index is 2160. The molecule has 2 fully saturated rings. The number of nitrogens with zero attached hydrogens (tertiary/aromatic N) is 3. The van der Waals surface area contributed by atoms with Gasteiger partial charge < -0.3 is 14.4 Å². The molecule has 5 aromatic rings. The third kappa shape index (κ3) is 5.17. The number of likely N-dealkylation sites (tertiary alicyclic amines) is 1. The van der Waals surface area contributed by atoms with Crippen LogP contribution in [0.4, 0.5) is 14.5 Å². The third-order valence-electron chi connectivity index (χ3n) is 8.07. The molecule has 2 bridgehead atoms. The number of benzene rings is 3. The van der Waals surface area contributed by atoms with Gasteiger partial charge in [0.25, 0.3) is 15.9 Å². The first-order valence-electron chi connectivity index (χ1n) is 14.1. The van der Waals surface area contributed by atoms with Crippen molar-refractivity contribution < 1.29 is 36.3 Å². The van der Waals surface area contributed by atoms with E-state index in [1.165, 1.54) is 19.4 Å². The summed E-state index contributed by atoms with van der Waals surface area (Å²) in [6.07, 6.45) is 3.47. The number of esters is 1. The second-order valence-electron chi connectivity index (χ2n) is 10.9. The van der Waals surface area contributed by atoms with Crippen LogP contribution in [0.3, 0.4) is 0 Å². The largest absolute Gasteiger partial charge is 0.480 e. The standard InChI is InChI=1S/C33H24F2N4O6S/c1-44-31-28(38-46(42,43)30-9-7-22(34)14-26(30)35)13-21(16-37-31)20-6-8-27-25(12-20)24(10-11-36-27)18-2-4-19(5-3-18)32(40)39-17-23-15-29(39)33(41)45-23/h2-14,16,23,29,38H,15,17H2,1H3/t23-,29-/m1/s1. The fourth-order valence-corrected chi connectivity index (χ4v) is 6.96. The zero-order valence-electron chi connectivity index (χ0n) is 24.1. The highest BCUT2D eigenvalue weighted by Gasteiger charge is 2.48. The van der Waals surface area contributed by atoms with Gasteiger partial charge in [-0.25, -0.2) is 27.0 Å². The number of ether oxygens (including phenoxy) is 2. The van der Waals surface area contributed by atoms with Gasteiger partial charge in [-0.3, -0.25) is 14.5 Å². The van der Waals surface area contributed by atoms with E-state index in [0.717, 1.165) is 28.6 Å². The van der Waals surface area contributed by atoms with E-state index in [2.05, 4.69) is 14.7 Å². The summed E-state index contributed by atoms with van der Waals surface area (Å²) in [5.41, 5.74) is 3.97. The molecule has 46 heavy (non-hydrogen) atoms. The molecule has 0 saturated carbocycles. The number of rotatable bonds is 7. The van der Waals surface area contributed by atoms with Crippen LogP contribution >= 0.6 is 0 Å². The third-order valence-corrected chi connectivity index (χ3v) is 9.47. The lowest BCUT2D eigenvalue weighted by Gasteiger charge is -2.25. The SMILES string of the molecule is COc1ncc(-c2ccc3nccc(-c4ccc(C(=O)N5C[C@H]6C[C@@H]5C(=O)O6)cc4)c3c2)cc1NS(=O)(=O)c1ccc(F)cc1F. The Morgan fingerprint density at radius 2 is 1.76 bits per heavy atom. The molecule has 1 N–H and O–H groups in total. The lowest BCUT2D eigenvalue weighted by Crippen LogP contribution is -2.44. The number of hydrogen-bond donors (Lipinski definition) is 1. The molecule has 0 aliphatic carbocycles. The molecular formula is C33H24F2N4O6S. The summed E-state index contributed by atoms with van der Waals surface area (Å²) in [6.45, 7) is 0.390. The molecule has 7 rings (SSSR count). The van der Waals surface area contributed by atoms with Crippen molar-refractivity contribution in [3.8, 4) is 28.1 Å². The second kappa shape index (κ2) is 11.2. The predicted molar refractivity (Wildman–Crippen MR) is 163 cm³/mol. The summed E-state index contributed by atoms with van der Waals surface area (Å²) in [5, 5.41) is 0.782. The number of amides is 1. The number of aromatic nitrogens is 2. The number of hydrogen-bond acceptors (Lipinski definition) is 8. The normalized spacial score (nSPS) is 17.3. The second-order valence-corrected chi connectivity index (χ2v) is 12.5. The van der Waals surface area contributed by atoms with E-state index >= 15 is 0 Å². The van der Waals surface area contributed by atoms with E-state index in [0.29, 0.717) is 41.2 Å². The van der Waals surface area contributed by atoms with Crippen LogP contribution < -0.4 is 9.46 Å². The monoisotopic (exact) mass is 642 g/mol. The molecule has 4 heterocycles. The van der Waals surface area contributed by atoms with E-state index < -0.39 is 32.6 Å². The highest BCUT2D eigenvalue weighted by atomic mass is 32.2. The number of fused-ring (bicyclic) bond motifs is 3. The van der Waals surface area contributed by atoms with Crippen LogP contribution in [0, 0.1) is 11.6 Å². The summed E-state index contributed by atoms with van der Waals surface area (Å²) in [4.78, 5) is 34.7. The first kappa shape index (κ1) is 29.3. The van der Waals surface area contributed by atoms with Crippen molar-refractivity contribution in [2.45, 2.75) is 23.5 Å². The Balaban J connectivity index is 1.20. The molecule has 1 amide bonds. The molecule has 232 valence electrons. The summed E-state index contributed by atoms with van der Waals surface area (Å²) < 4.78 is 66.5. The summed E-state index contributed by atoms with van der Waals surface area (Å²) >= 11 is 0. The number of sulfonamides is 1. The van der Waals surface area contributed by atoms with Gasteiger partial charge in [0, 0.05) is 41.4 Å². The average molecular weight is 643 g/mol. The number of nitrogens with one attached hydrogen (secondary N) is 1. The maximum Gasteiger partial charge on any atom is 0.329 e. The topological polar surface area (TPSA) is 128 Å². The van der Waals surface area contributed by atoms with E-state index in [4.69, 9.17) is 9.47 Å². The van der Waals surface area contributed by atoms with Crippen molar-refractivity contribution in [2.24, 2.45) is 0 Å². The molecule has 3 aromatic carbocycles. The number of pyridine rings is 2. The molecule has 2 aliphatic rings. The van der Waals surface area contributed by atoms with E-state index in [1.807, 2.05) is 30.3 Å². The Kier molecular flexibility index (Phi) is 7.12. The van der Waals surface area contributed by atoms with Gasteiger partial charge in [-0.05, 0) is 65.2 Å². The quantitative estimate of drug-likeness (QED) is 0.240. The van der Waals surface area contributed by atoms with Crippen molar-refractivity contribution >= 4 is 38.5 Å². The first-order chi connectivity index (χ1) is 22.1. The van der Waals surface area contributed by atoms with Crippen LogP contribution in [-0.4, -0.2) is 61.0 Å². The van der Waals surface area contributed by atoms with E-state index in [1.54, 1.807) is 29.3 Å². The highest BCUT2D eigenvalue weighted by molar-refractivity contribution is 7.92. The Hall–Kier alpha value is -5.43. The Morgan fingerprint density at radius 3 is 2.48 bits per heavy atom. The lowest BCUT2D eigenvalue weighted by atomic mass is 9.97. The van der Waals surface area contributed by atoms with Gasteiger partial charge in [0.2, 0.25) is 5.88 Å². The van der Waals surface area contributed by atoms with Crippen LogP contribution in [0.5, 0.6) is 5.88 Å². The van der Waals surface area contributed by atoms with Crippen LogP contribution in [-0.2, 0) is 19.6 Å². The van der Waals surface area contributed by atoms with Crippen molar-refractivity contribution in [1.29, 1.82) is 0 Å². The molecule has 2 aliphatic heterocycles. The fourth-order valence-electron chi connectivity index (χ4n) is 5.85. The maximum atomic E-state index is 14.3. The van der Waals surface area contributed by atoms with Crippen LogP contribution in [0.1, 0.15) is 16.8 Å². The molecule has 0 spiro atoms. The molecule has 0 radical (unpaired) electrons. The number of carbonyl (C=O) groups excluding carboxylic acids is 2. The summed E-state index contributed by atoms with van der Waals surface area (Å²) in [5.74, 6) is -2.78. The minimum Gasteiger partial charge on any atom is -0.480 e.